The molecule has 1 fully saturated rings. The second kappa shape index (κ2) is 5.77. The number of aromatic amines is 1. The molecule has 7 N–H and O–H groups in total. The highest BCUT2D eigenvalue weighted by molar-refractivity contribution is 6.30. The van der Waals surface area contributed by atoms with Crippen LogP contribution in [-0.2, 0) is 4.74 Å². The first-order chi connectivity index (χ1) is 11.3. The Morgan fingerprint density at radius 1 is 1.62 bits per heavy atom. The number of hydrogen-bond acceptors (Lipinski definition) is 7. The summed E-state index contributed by atoms with van der Waals surface area (Å²) in [5, 5.41) is 22.7. The van der Waals surface area contributed by atoms with Gasteiger partial charge in [-0.1, -0.05) is 5.92 Å². The molecule has 0 spiro atoms. The van der Waals surface area contributed by atoms with E-state index in [9.17, 15) is 15.0 Å². The van der Waals surface area contributed by atoms with Crippen LogP contribution in [0.15, 0.2) is 17.1 Å². The zero-order valence-corrected chi connectivity index (χ0v) is 13.4. The van der Waals surface area contributed by atoms with Gasteiger partial charge in [-0.05, 0) is 24.6 Å². The number of nitrogen functional groups attached to an aromatic ring is 1. The zero-order valence-electron chi connectivity index (χ0n) is 12.6. The molecule has 24 heavy (non-hydrogen) atoms. The van der Waals surface area contributed by atoms with Gasteiger partial charge in [-0.25, -0.2) is 0 Å². The number of aliphatic hydroxyl groups excluding tert-OH is 2. The van der Waals surface area contributed by atoms with Crippen LogP contribution < -0.4 is 17.0 Å². The SMILES string of the molecule is C[C@@H](O)[C@H]1O[C@@H](n2ccc3c(=O)[nH]c(N)nc32)C(N)(C#CCl)[C@H]1O. The summed E-state index contributed by atoms with van der Waals surface area (Å²) < 4.78 is 7.16. The molecule has 1 aliphatic rings. The molecular weight excluding hydrogens is 338 g/mol. The number of nitrogens with two attached hydrogens (primary N) is 2. The minimum absolute atomic E-state index is 0.0795. The van der Waals surface area contributed by atoms with Gasteiger partial charge in [-0.2, -0.15) is 4.98 Å². The van der Waals surface area contributed by atoms with E-state index in [-0.39, 0.29) is 17.0 Å². The van der Waals surface area contributed by atoms with E-state index in [4.69, 9.17) is 27.8 Å². The number of ether oxygens (including phenoxy) is 1. The maximum atomic E-state index is 12.0. The van der Waals surface area contributed by atoms with Gasteiger partial charge in [0.15, 0.2) is 17.4 Å². The van der Waals surface area contributed by atoms with Gasteiger partial charge < -0.3 is 31.0 Å². The van der Waals surface area contributed by atoms with Crippen LogP contribution in [0.3, 0.4) is 0 Å². The van der Waals surface area contributed by atoms with E-state index in [0.29, 0.717) is 0 Å². The maximum absolute atomic E-state index is 12.0. The Labute approximate surface area is 141 Å². The highest BCUT2D eigenvalue weighted by atomic mass is 35.5. The maximum Gasteiger partial charge on any atom is 0.261 e. The van der Waals surface area contributed by atoms with Gasteiger partial charge in [-0.15, -0.1) is 0 Å². The van der Waals surface area contributed by atoms with Crippen molar-refractivity contribution in [1.82, 2.24) is 14.5 Å². The number of nitrogens with zero attached hydrogens (tertiary/aromatic N) is 2. The number of fused-ring (bicyclic) bond motifs is 1. The lowest BCUT2D eigenvalue weighted by atomic mass is 9.90. The summed E-state index contributed by atoms with van der Waals surface area (Å²) >= 11 is 5.49. The first-order valence-corrected chi connectivity index (χ1v) is 7.47. The summed E-state index contributed by atoms with van der Waals surface area (Å²) in [6, 6.07) is 1.51. The molecule has 5 atom stereocenters. The Balaban J connectivity index is 2.20. The van der Waals surface area contributed by atoms with Crippen LogP contribution in [0.5, 0.6) is 0 Å². The summed E-state index contributed by atoms with van der Waals surface area (Å²) in [5.74, 6) is 2.45. The van der Waals surface area contributed by atoms with Crippen LogP contribution in [-0.4, -0.2) is 48.6 Å². The summed E-state index contributed by atoms with van der Waals surface area (Å²) in [5.41, 5.74) is 10.00. The lowest BCUT2D eigenvalue weighted by molar-refractivity contribution is -0.0755. The number of rotatable bonds is 2. The van der Waals surface area contributed by atoms with Crippen molar-refractivity contribution in [1.29, 1.82) is 0 Å². The highest BCUT2D eigenvalue weighted by Gasteiger charge is 2.55. The van der Waals surface area contributed by atoms with Crippen molar-refractivity contribution >= 4 is 28.6 Å². The number of aliphatic hydroxyl groups is 2. The number of nitrogens with one attached hydrogen (secondary N) is 1. The molecule has 0 saturated carbocycles. The molecular formula is C14H16ClN5O4. The van der Waals surface area contributed by atoms with E-state index in [1.807, 2.05) is 0 Å². The number of H-pyrrole nitrogens is 1. The average Bonchev–Trinajstić information content (AvgIpc) is 3.00. The summed E-state index contributed by atoms with van der Waals surface area (Å²) in [7, 11) is 0. The van der Waals surface area contributed by atoms with Gasteiger partial charge in [-0.3, -0.25) is 9.78 Å². The fourth-order valence-corrected chi connectivity index (χ4v) is 3.06. The predicted octanol–water partition coefficient (Wildman–Crippen LogP) is -1.16. The normalized spacial score (nSPS) is 31.0. The molecule has 1 unspecified atom stereocenters. The fraction of sp³-hybridized carbons (Fsp3) is 0.429. The van der Waals surface area contributed by atoms with E-state index >= 15 is 0 Å². The molecule has 2 aromatic heterocycles. The molecule has 0 aliphatic carbocycles. The van der Waals surface area contributed by atoms with Crippen molar-refractivity contribution < 1.29 is 14.9 Å². The molecule has 3 rings (SSSR count). The molecule has 9 nitrogen and oxygen atoms in total. The first-order valence-electron chi connectivity index (χ1n) is 7.09. The van der Waals surface area contributed by atoms with Gasteiger partial charge in [0.05, 0.1) is 11.5 Å². The Hall–Kier alpha value is -2.09. The predicted molar refractivity (Wildman–Crippen MR) is 86.9 cm³/mol. The molecule has 128 valence electrons. The van der Waals surface area contributed by atoms with Crippen molar-refractivity contribution in [2.24, 2.45) is 5.73 Å². The van der Waals surface area contributed by atoms with Crippen molar-refractivity contribution in [2.75, 3.05) is 5.73 Å². The molecule has 3 heterocycles. The molecule has 0 amide bonds. The van der Waals surface area contributed by atoms with E-state index in [1.165, 1.54) is 23.8 Å². The van der Waals surface area contributed by atoms with E-state index in [2.05, 4.69) is 21.3 Å². The smallest absolute Gasteiger partial charge is 0.261 e. The minimum atomic E-state index is -1.62. The third-order valence-electron chi connectivity index (χ3n) is 4.09. The van der Waals surface area contributed by atoms with Gasteiger partial charge >= 0.3 is 0 Å². The number of halogens is 1. The Morgan fingerprint density at radius 3 is 2.96 bits per heavy atom. The Morgan fingerprint density at radius 2 is 2.33 bits per heavy atom. The lowest BCUT2D eigenvalue weighted by Crippen LogP contribution is -2.54. The van der Waals surface area contributed by atoms with Crippen LogP contribution in [0.25, 0.3) is 11.0 Å². The van der Waals surface area contributed by atoms with Gasteiger partial charge in [0.25, 0.3) is 5.56 Å². The molecule has 0 aromatic carbocycles. The van der Waals surface area contributed by atoms with Crippen LogP contribution in [0, 0.1) is 11.3 Å². The Kier molecular flexibility index (Phi) is 4.03. The monoisotopic (exact) mass is 353 g/mol. The second-order valence-electron chi connectivity index (χ2n) is 5.70. The zero-order chi connectivity index (χ0) is 17.6. The number of aromatic nitrogens is 3. The van der Waals surface area contributed by atoms with Crippen LogP contribution in [0.4, 0.5) is 5.95 Å². The molecule has 1 saturated heterocycles. The Bertz CT molecular complexity index is 898. The third kappa shape index (κ3) is 2.36. The van der Waals surface area contributed by atoms with Crippen molar-refractivity contribution in [3.05, 3.63) is 22.6 Å². The topological polar surface area (TPSA) is 152 Å². The van der Waals surface area contributed by atoms with Gasteiger partial charge in [0.2, 0.25) is 5.95 Å². The number of hydrogen-bond donors (Lipinski definition) is 5. The summed E-state index contributed by atoms with van der Waals surface area (Å²) in [6.07, 6.45) is -2.83. The summed E-state index contributed by atoms with van der Waals surface area (Å²) in [6.45, 7) is 1.46. The molecule has 2 aromatic rings. The molecule has 0 bridgehead atoms. The minimum Gasteiger partial charge on any atom is -0.391 e. The first kappa shape index (κ1) is 16.8. The van der Waals surface area contributed by atoms with Crippen LogP contribution in [0.1, 0.15) is 13.2 Å². The van der Waals surface area contributed by atoms with Crippen molar-refractivity contribution in [3.63, 3.8) is 0 Å². The molecule has 10 heteroatoms. The summed E-state index contributed by atoms with van der Waals surface area (Å²) in [4.78, 5) is 18.4. The van der Waals surface area contributed by atoms with Crippen LogP contribution in [0.2, 0.25) is 0 Å². The molecule has 1 aliphatic heterocycles. The second-order valence-corrected chi connectivity index (χ2v) is 5.89. The van der Waals surface area contributed by atoms with E-state index in [0.717, 1.165) is 0 Å². The quantitative estimate of drug-likeness (QED) is 0.427. The van der Waals surface area contributed by atoms with Crippen LogP contribution >= 0.6 is 11.6 Å². The van der Waals surface area contributed by atoms with Gasteiger partial charge in [0, 0.05) is 11.6 Å². The van der Waals surface area contributed by atoms with E-state index < -0.39 is 35.6 Å². The average molecular weight is 354 g/mol. The van der Waals surface area contributed by atoms with Gasteiger partial charge in [0.1, 0.15) is 12.2 Å². The highest BCUT2D eigenvalue weighted by Crippen LogP contribution is 2.39. The van der Waals surface area contributed by atoms with E-state index in [1.54, 1.807) is 0 Å². The molecule has 0 radical (unpaired) electrons. The number of anilines is 1. The standard InChI is InChI=1S/C14H16ClN5O4/c1-6(21)8-9(22)14(17,3-4-15)12(24-8)20-5-2-7-10(20)18-13(16)19-11(7)23/h2,5-6,8-9,12,21-22H,17H2,1H3,(H3,16,18,19,23)/t6-,8-,9+,12-,14?/m1/s1. The third-order valence-corrected chi connectivity index (χ3v) is 4.18. The lowest BCUT2D eigenvalue weighted by Gasteiger charge is -2.28. The largest absolute Gasteiger partial charge is 0.391 e. The van der Waals surface area contributed by atoms with Crippen molar-refractivity contribution in [3.8, 4) is 11.3 Å². The van der Waals surface area contributed by atoms with Crippen molar-refractivity contribution in [2.45, 2.75) is 37.0 Å². The fourth-order valence-electron chi connectivity index (χ4n) is 2.89.